The average Bonchev–Trinajstić information content (AvgIpc) is 3.23. The van der Waals surface area contributed by atoms with Crippen LogP contribution in [0.2, 0.25) is 0 Å². The van der Waals surface area contributed by atoms with Crippen LogP contribution in [0.25, 0.3) is 0 Å². The van der Waals surface area contributed by atoms with Crippen LogP contribution in [0.3, 0.4) is 0 Å². The standard InChI is InChI=1S/C26H46N4O2S4/c1-7-27-15-21(31)29(23(27)35)17-25(3,4)13-11-19(33)9-10-20(34)12-14-26(5,6)18-30-22(32)16-28(8-2)24(30)36/h15-16,19-20,31-34H,7-14,17-18H2,1-6H3. The second kappa shape index (κ2) is 13.3. The summed E-state index contributed by atoms with van der Waals surface area (Å²) in [5.41, 5.74) is 0.00895. The van der Waals surface area contributed by atoms with E-state index in [1.807, 2.05) is 32.1 Å². The zero-order valence-electron chi connectivity index (χ0n) is 22.8. The van der Waals surface area contributed by atoms with E-state index in [1.165, 1.54) is 0 Å². The van der Waals surface area contributed by atoms with Crippen LogP contribution in [0.1, 0.15) is 80.1 Å². The van der Waals surface area contributed by atoms with Crippen molar-refractivity contribution in [1.29, 1.82) is 0 Å². The molecule has 2 aromatic rings. The molecule has 0 aliphatic carbocycles. The second-order valence-corrected chi connectivity index (χ2v) is 13.8. The summed E-state index contributed by atoms with van der Waals surface area (Å²) in [5, 5.41) is 21.2. The predicted molar refractivity (Wildman–Crippen MR) is 162 cm³/mol. The summed E-state index contributed by atoms with van der Waals surface area (Å²) in [6.45, 7) is 15.8. The maximum atomic E-state index is 10.3. The third-order valence-corrected chi connectivity index (χ3v) is 8.99. The Morgan fingerprint density at radius 2 is 1.06 bits per heavy atom. The molecule has 2 unspecified atom stereocenters. The van der Waals surface area contributed by atoms with E-state index < -0.39 is 0 Å². The highest BCUT2D eigenvalue weighted by Gasteiger charge is 2.24. The molecule has 0 bridgehead atoms. The number of thiol groups is 2. The molecule has 10 heteroatoms. The fourth-order valence-corrected chi connectivity index (χ4v) is 5.82. The van der Waals surface area contributed by atoms with Crippen molar-refractivity contribution in [3.8, 4) is 11.8 Å². The molecule has 206 valence electrons. The van der Waals surface area contributed by atoms with Crippen LogP contribution in [0.4, 0.5) is 0 Å². The van der Waals surface area contributed by atoms with Gasteiger partial charge in [-0.15, -0.1) is 0 Å². The molecule has 2 heterocycles. The van der Waals surface area contributed by atoms with Gasteiger partial charge in [-0.2, -0.15) is 25.3 Å². The maximum absolute atomic E-state index is 10.3. The number of imidazole rings is 2. The highest BCUT2D eigenvalue weighted by Crippen LogP contribution is 2.32. The lowest BCUT2D eigenvalue weighted by atomic mass is 9.85. The fourth-order valence-electron chi connectivity index (χ4n) is 4.59. The van der Waals surface area contributed by atoms with E-state index in [2.05, 4.69) is 27.7 Å². The summed E-state index contributed by atoms with van der Waals surface area (Å²) >= 11 is 20.8. The molecule has 2 rings (SSSR count). The summed E-state index contributed by atoms with van der Waals surface area (Å²) in [5.74, 6) is 0.470. The molecule has 0 saturated carbocycles. The van der Waals surface area contributed by atoms with Gasteiger partial charge in [0.15, 0.2) is 9.54 Å². The topological polar surface area (TPSA) is 60.2 Å². The lowest BCUT2D eigenvalue weighted by Gasteiger charge is -2.28. The van der Waals surface area contributed by atoms with Crippen molar-refractivity contribution < 1.29 is 10.2 Å². The number of nitrogens with zero attached hydrogens (tertiary/aromatic N) is 4. The van der Waals surface area contributed by atoms with Gasteiger partial charge in [0, 0.05) is 36.7 Å². The van der Waals surface area contributed by atoms with Gasteiger partial charge < -0.3 is 19.3 Å². The van der Waals surface area contributed by atoms with Crippen LogP contribution in [0, 0.1) is 20.4 Å². The SMILES string of the molecule is CCn1cc(O)n(CC(C)(C)CCC(S)CCC(S)CCC(C)(C)Cn2c(O)cn(CC)c2=S)c1=S. The van der Waals surface area contributed by atoms with Crippen molar-refractivity contribution in [1.82, 2.24) is 18.3 Å². The summed E-state index contributed by atoms with van der Waals surface area (Å²) in [4.78, 5) is 0. The molecule has 0 amide bonds. The molecule has 0 aliphatic rings. The summed E-state index contributed by atoms with van der Waals surface area (Å²) in [6, 6.07) is 0. The van der Waals surface area contributed by atoms with Gasteiger partial charge in [0.05, 0.1) is 12.4 Å². The highest BCUT2D eigenvalue weighted by molar-refractivity contribution is 7.81. The molecule has 2 aromatic heterocycles. The Balaban J connectivity index is 1.78. The molecule has 0 aromatic carbocycles. The van der Waals surface area contributed by atoms with Gasteiger partial charge in [-0.1, -0.05) is 27.7 Å². The third kappa shape index (κ3) is 8.88. The van der Waals surface area contributed by atoms with Crippen molar-refractivity contribution in [2.75, 3.05) is 0 Å². The minimum Gasteiger partial charge on any atom is -0.493 e. The van der Waals surface area contributed by atoms with E-state index in [4.69, 9.17) is 49.7 Å². The molecule has 6 nitrogen and oxygen atoms in total. The lowest BCUT2D eigenvalue weighted by molar-refractivity contribution is 0.252. The van der Waals surface area contributed by atoms with Crippen LogP contribution in [0.15, 0.2) is 12.4 Å². The van der Waals surface area contributed by atoms with Crippen molar-refractivity contribution in [2.24, 2.45) is 10.8 Å². The van der Waals surface area contributed by atoms with Crippen molar-refractivity contribution >= 4 is 49.7 Å². The Labute approximate surface area is 238 Å². The summed E-state index contributed by atoms with van der Waals surface area (Å²) < 4.78 is 8.81. The zero-order chi connectivity index (χ0) is 27.3. The number of hydrogen-bond acceptors (Lipinski definition) is 6. The third-order valence-electron chi connectivity index (χ3n) is 7.04. The van der Waals surface area contributed by atoms with Crippen LogP contribution in [0.5, 0.6) is 11.8 Å². The molecule has 0 spiro atoms. The number of aromatic hydroxyl groups is 2. The Morgan fingerprint density at radius 1 is 0.722 bits per heavy atom. The molecular formula is C26H46N4O2S4. The van der Waals surface area contributed by atoms with Crippen LogP contribution in [-0.2, 0) is 26.2 Å². The predicted octanol–water partition coefficient (Wildman–Crippen LogP) is 7.49. The molecular weight excluding hydrogens is 529 g/mol. The maximum Gasteiger partial charge on any atom is 0.210 e. The van der Waals surface area contributed by atoms with E-state index in [-0.39, 0.29) is 22.6 Å². The zero-order valence-corrected chi connectivity index (χ0v) is 26.2. The first-order valence-electron chi connectivity index (χ1n) is 13.0. The van der Waals surface area contributed by atoms with Crippen molar-refractivity contribution in [2.45, 2.75) is 117 Å². The summed E-state index contributed by atoms with van der Waals surface area (Å²) in [7, 11) is 0. The van der Waals surface area contributed by atoms with Gasteiger partial charge in [-0.3, -0.25) is 9.13 Å². The van der Waals surface area contributed by atoms with Crippen LogP contribution >= 0.6 is 49.7 Å². The Kier molecular flexibility index (Phi) is 11.6. The van der Waals surface area contributed by atoms with E-state index in [1.54, 1.807) is 12.4 Å². The first-order chi connectivity index (χ1) is 16.7. The van der Waals surface area contributed by atoms with Gasteiger partial charge in [0.2, 0.25) is 11.8 Å². The largest absolute Gasteiger partial charge is 0.493 e. The van der Waals surface area contributed by atoms with Crippen molar-refractivity contribution in [3.63, 3.8) is 0 Å². The quantitative estimate of drug-likeness (QED) is 0.131. The van der Waals surface area contributed by atoms with E-state index >= 15 is 0 Å². The molecule has 36 heavy (non-hydrogen) atoms. The highest BCUT2D eigenvalue weighted by atomic mass is 32.1. The number of rotatable bonds is 15. The minimum absolute atomic E-state index is 0.00448. The molecule has 0 radical (unpaired) electrons. The molecule has 2 atom stereocenters. The second-order valence-electron chi connectivity index (χ2n) is 11.6. The van der Waals surface area contributed by atoms with Gasteiger partial charge in [-0.25, -0.2) is 0 Å². The van der Waals surface area contributed by atoms with Gasteiger partial charge >= 0.3 is 0 Å². The van der Waals surface area contributed by atoms with Gasteiger partial charge in [0.25, 0.3) is 0 Å². The number of hydrogen-bond donors (Lipinski definition) is 4. The van der Waals surface area contributed by atoms with E-state index in [0.717, 1.165) is 51.6 Å². The summed E-state index contributed by atoms with van der Waals surface area (Å²) in [6.07, 6.45) is 9.51. The normalized spacial score (nSPS) is 14.3. The van der Waals surface area contributed by atoms with Crippen molar-refractivity contribution in [3.05, 3.63) is 21.9 Å². The van der Waals surface area contributed by atoms with Gasteiger partial charge in [-0.05, 0) is 87.6 Å². The molecule has 0 saturated heterocycles. The Hall–Kier alpha value is -0.840. The smallest absolute Gasteiger partial charge is 0.210 e. The van der Waals surface area contributed by atoms with Gasteiger partial charge in [0.1, 0.15) is 0 Å². The van der Waals surface area contributed by atoms with Crippen LogP contribution in [-0.4, -0.2) is 39.0 Å². The Bertz CT molecular complexity index is 1010. The van der Waals surface area contributed by atoms with E-state index in [9.17, 15) is 10.2 Å². The molecule has 0 aliphatic heterocycles. The molecule has 0 fully saturated rings. The fraction of sp³-hybridized carbons (Fsp3) is 0.769. The molecule has 2 N–H and O–H groups in total. The minimum atomic E-state index is 0.00448. The first kappa shape index (κ1) is 31.4. The van der Waals surface area contributed by atoms with Crippen LogP contribution < -0.4 is 0 Å². The number of aryl methyl sites for hydroxylation is 2. The monoisotopic (exact) mass is 574 g/mol. The lowest BCUT2D eigenvalue weighted by Crippen LogP contribution is -2.22. The first-order valence-corrected chi connectivity index (χ1v) is 14.9. The van der Waals surface area contributed by atoms with E-state index in [0.29, 0.717) is 33.1 Å². The average molecular weight is 575 g/mol. The number of aromatic nitrogens is 4. The Morgan fingerprint density at radius 3 is 1.33 bits per heavy atom.